The molecular weight excluding hydrogens is 342 g/mol. The van der Waals surface area contributed by atoms with Crippen molar-refractivity contribution in [2.24, 2.45) is 11.8 Å². The first-order chi connectivity index (χ1) is 13.8. The summed E-state index contributed by atoms with van der Waals surface area (Å²) in [6.07, 6.45) is 12.1. The average molecular weight is 376 g/mol. The van der Waals surface area contributed by atoms with Gasteiger partial charge in [0.1, 0.15) is 11.9 Å². The first-order valence-corrected chi connectivity index (χ1v) is 11.0. The van der Waals surface area contributed by atoms with E-state index < -0.39 is 0 Å². The summed E-state index contributed by atoms with van der Waals surface area (Å²) in [7, 11) is 0. The lowest BCUT2D eigenvalue weighted by Gasteiger charge is -2.30. The van der Waals surface area contributed by atoms with Crippen molar-refractivity contribution in [1.29, 1.82) is 5.26 Å². The molecule has 1 unspecified atom stereocenters. The SMILES string of the molecule is CCCC[C@H]1CC[C@H](CCC(Oc2ccc(C#N)cc2)c2ccccc2)CC1. The minimum absolute atomic E-state index is 0.0759. The Morgan fingerprint density at radius 3 is 2.18 bits per heavy atom. The van der Waals surface area contributed by atoms with E-state index in [2.05, 4.69) is 43.3 Å². The first kappa shape index (κ1) is 20.5. The number of unbranched alkanes of at least 4 members (excludes halogenated alkanes) is 1. The Balaban J connectivity index is 1.57. The van der Waals surface area contributed by atoms with Gasteiger partial charge >= 0.3 is 0 Å². The molecular formula is C26H33NO. The molecule has 0 saturated heterocycles. The summed E-state index contributed by atoms with van der Waals surface area (Å²) < 4.78 is 6.36. The highest BCUT2D eigenvalue weighted by atomic mass is 16.5. The van der Waals surface area contributed by atoms with Crippen LogP contribution in [-0.4, -0.2) is 0 Å². The van der Waals surface area contributed by atoms with Crippen LogP contribution in [0.5, 0.6) is 5.75 Å². The van der Waals surface area contributed by atoms with E-state index in [1.807, 2.05) is 24.3 Å². The molecule has 1 aliphatic rings. The molecule has 0 bridgehead atoms. The maximum absolute atomic E-state index is 8.99. The van der Waals surface area contributed by atoms with Gasteiger partial charge in [0.15, 0.2) is 0 Å². The second-order valence-electron chi connectivity index (χ2n) is 8.26. The van der Waals surface area contributed by atoms with Crippen molar-refractivity contribution in [3.05, 3.63) is 65.7 Å². The third kappa shape index (κ3) is 6.13. The first-order valence-electron chi connectivity index (χ1n) is 11.0. The topological polar surface area (TPSA) is 33.0 Å². The van der Waals surface area contributed by atoms with Crippen molar-refractivity contribution in [3.8, 4) is 11.8 Å². The Labute approximate surface area is 170 Å². The fraction of sp³-hybridized carbons (Fsp3) is 0.500. The molecule has 0 radical (unpaired) electrons. The molecule has 0 N–H and O–H groups in total. The molecule has 1 aliphatic carbocycles. The summed E-state index contributed by atoms with van der Waals surface area (Å²) in [5.74, 6) is 2.65. The van der Waals surface area contributed by atoms with Crippen LogP contribution in [0.15, 0.2) is 54.6 Å². The summed E-state index contributed by atoms with van der Waals surface area (Å²) in [6.45, 7) is 2.29. The van der Waals surface area contributed by atoms with Gasteiger partial charge < -0.3 is 4.74 Å². The fourth-order valence-corrected chi connectivity index (χ4v) is 4.42. The van der Waals surface area contributed by atoms with Crippen LogP contribution in [0.2, 0.25) is 0 Å². The highest BCUT2D eigenvalue weighted by Gasteiger charge is 2.23. The van der Waals surface area contributed by atoms with Crippen molar-refractivity contribution in [2.75, 3.05) is 0 Å². The molecule has 0 aromatic heterocycles. The molecule has 28 heavy (non-hydrogen) atoms. The lowest BCUT2D eigenvalue weighted by molar-refractivity contribution is 0.168. The number of benzene rings is 2. The minimum atomic E-state index is 0.0759. The highest BCUT2D eigenvalue weighted by Crippen LogP contribution is 2.36. The van der Waals surface area contributed by atoms with Gasteiger partial charge in [-0.15, -0.1) is 0 Å². The Bertz CT molecular complexity index is 723. The number of rotatable bonds is 9. The molecule has 2 aromatic rings. The Kier molecular flexibility index (Phi) is 7.97. The molecule has 0 spiro atoms. The molecule has 2 nitrogen and oxygen atoms in total. The van der Waals surface area contributed by atoms with E-state index in [-0.39, 0.29) is 6.10 Å². The molecule has 2 aromatic carbocycles. The van der Waals surface area contributed by atoms with Crippen molar-refractivity contribution in [3.63, 3.8) is 0 Å². The Hall–Kier alpha value is -2.27. The quantitative estimate of drug-likeness (QED) is 0.456. The molecule has 1 atom stereocenters. The van der Waals surface area contributed by atoms with Gasteiger partial charge in [-0.3, -0.25) is 0 Å². The minimum Gasteiger partial charge on any atom is -0.486 e. The largest absolute Gasteiger partial charge is 0.486 e. The van der Waals surface area contributed by atoms with Gasteiger partial charge in [-0.05, 0) is 54.5 Å². The molecule has 148 valence electrons. The number of hydrogen-bond donors (Lipinski definition) is 0. The van der Waals surface area contributed by atoms with Crippen LogP contribution >= 0.6 is 0 Å². The standard InChI is InChI=1S/C26H33NO/c1-2-3-7-21-10-12-22(13-11-21)16-19-26(24-8-5-4-6-9-24)28-25-17-14-23(20-27)15-18-25/h4-6,8-9,14-15,17-18,21-22,26H,2-3,7,10-13,16,19H2,1H3/t21-,22-,26?. The van der Waals surface area contributed by atoms with Crippen LogP contribution in [0.25, 0.3) is 0 Å². The molecule has 2 heteroatoms. The zero-order chi connectivity index (χ0) is 19.6. The van der Waals surface area contributed by atoms with E-state index in [0.717, 1.165) is 24.0 Å². The molecule has 1 saturated carbocycles. The molecule has 0 amide bonds. The maximum atomic E-state index is 8.99. The maximum Gasteiger partial charge on any atom is 0.124 e. The molecule has 0 aliphatic heterocycles. The van der Waals surface area contributed by atoms with E-state index in [0.29, 0.717) is 5.56 Å². The Morgan fingerprint density at radius 2 is 1.57 bits per heavy atom. The zero-order valence-corrected chi connectivity index (χ0v) is 17.1. The summed E-state index contributed by atoms with van der Waals surface area (Å²) in [5.41, 5.74) is 1.91. The molecule has 1 fully saturated rings. The third-order valence-electron chi connectivity index (χ3n) is 6.20. The second-order valence-corrected chi connectivity index (χ2v) is 8.26. The predicted octanol–water partition coefficient (Wildman–Crippen LogP) is 7.46. The van der Waals surface area contributed by atoms with Gasteiger partial charge in [-0.2, -0.15) is 5.26 Å². The summed E-state index contributed by atoms with van der Waals surface area (Å²) in [4.78, 5) is 0. The number of nitriles is 1. The smallest absolute Gasteiger partial charge is 0.124 e. The van der Waals surface area contributed by atoms with E-state index >= 15 is 0 Å². The van der Waals surface area contributed by atoms with Crippen LogP contribution in [0, 0.1) is 23.2 Å². The van der Waals surface area contributed by atoms with Crippen molar-refractivity contribution in [1.82, 2.24) is 0 Å². The normalized spacial score (nSPS) is 20.3. The lowest BCUT2D eigenvalue weighted by atomic mass is 9.77. The lowest BCUT2D eigenvalue weighted by Crippen LogP contribution is -2.16. The number of nitrogens with zero attached hydrogens (tertiary/aromatic N) is 1. The van der Waals surface area contributed by atoms with E-state index in [1.54, 1.807) is 0 Å². The summed E-state index contributed by atoms with van der Waals surface area (Å²) >= 11 is 0. The average Bonchev–Trinajstić information content (AvgIpc) is 2.77. The van der Waals surface area contributed by atoms with E-state index in [1.165, 1.54) is 56.9 Å². The molecule has 0 heterocycles. The van der Waals surface area contributed by atoms with Crippen LogP contribution < -0.4 is 4.74 Å². The fourth-order valence-electron chi connectivity index (χ4n) is 4.42. The van der Waals surface area contributed by atoms with Crippen molar-refractivity contribution < 1.29 is 4.74 Å². The molecule has 3 rings (SSSR count). The second kappa shape index (κ2) is 10.9. The van der Waals surface area contributed by atoms with Gasteiger partial charge in [-0.1, -0.05) is 82.2 Å². The summed E-state index contributed by atoms with van der Waals surface area (Å²) in [6, 6.07) is 20.2. The van der Waals surface area contributed by atoms with Crippen molar-refractivity contribution >= 4 is 0 Å². The van der Waals surface area contributed by atoms with Crippen LogP contribution in [-0.2, 0) is 0 Å². The van der Waals surface area contributed by atoms with Gasteiger partial charge in [-0.25, -0.2) is 0 Å². The van der Waals surface area contributed by atoms with Crippen LogP contribution in [0.4, 0.5) is 0 Å². The van der Waals surface area contributed by atoms with E-state index in [4.69, 9.17) is 10.00 Å². The zero-order valence-electron chi connectivity index (χ0n) is 17.1. The van der Waals surface area contributed by atoms with Gasteiger partial charge in [0.05, 0.1) is 11.6 Å². The van der Waals surface area contributed by atoms with Gasteiger partial charge in [0.2, 0.25) is 0 Å². The van der Waals surface area contributed by atoms with Crippen LogP contribution in [0.3, 0.4) is 0 Å². The predicted molar refractivity (Wildman–Crippen MR) is 115 cm³/mol. The Morgan fingerprint density at radius 1 is 0.929 bits per heavy atom. The monoisotopic (exact) mass is 375 g/mol. The number of ether oxygens (including phenoxy) is 1. The van der Waals surface area contributed by atoms with E-state index in [9.17, 15) is 0 Å². The third-order valence-corrected chi connectivity index (χ3v) is 6.20. The van der Waals surface area contributed by atoms with Gasteiger partial charge in [0.25, 0.3) is 0 Å². The van der Waals surface area contributed by atoms with Gasteiger partial charge in [0, 0.05) is 0 Å². The highest BCUT2D eigenvalue weighted by molar-refractivity contribution is 5.35. The number of hydrogen-bond acceptors (Lipinski definition) is 2. The van der Waals surface area contributed by atoms with Crippen LogP contribution in [0.1, 0.15) is 81.9 Å². The summed E-state index contributed by atoms with van der Waals surface area (Å²) in [5, 5.41) is 8.99. The van der Waals surface area contributed by atoms with Crippen molar-refractivity contribution in [2.45, 2.75) is 70.8 Å².